The number of hydrogen-bond donors (Lipinski definition) is 1. The van der Waals surface area contributed by atoms with Crippen molar-refractivity contribution in [3.8, 4) is 0 Å². The van der Waals surface area contributed by atoms with Crippen molar-refractivity contribution >= 4 is 17.5 Å². The zero-order valence-corrected chi connectivity index (χ0v) is 16.9. The molecule has 1 N–H and O–H groups in total. The number of hydrazine groups is 1. The van der Waals surface area contributed by atoms with Gasteiger partial charge in [0, 0.05) is 12.6 Å². The second-order valence-electron chi connectivity index (χ2n) is 9.18. The van der Waals surface area contributed by atoms with Crippen molar-refractivity contribution in [2.75, 3.05) is 6.54 Å². The lowest BCUT2D eigenvalue weighted by Crippen LogP contribution is -2.59. The highest BCUT2D eigenvalue weighted by atomic mass is 16.6. The summed E-state index contributed by atoms with van der Waals surface area (Å²) >= 11 is 0. The van der Waals surface area contributed by atoms with Crippen LogP contribution in [0.5, 0.6) is 0 Å². The van der Waals surface area contributed by atoms with Gasteiger partial charge in [0.1, 0.15) is 5.56 Å². The zero-order valence-electron chi connectivity index (χ0n) is 16.9. The number of amides is 2. The number of benzene rings is 1. The Morgan fingerprint density at radius 2 is 1.72 bits per heavy atom. The zero-order chi connectivity index (χ0) is 20.6. The fourth-order valence-corrected chi connectivity index (χ4v) is 6.15. The van der Waals surface area contributed by atoms with E-state index in [9.17, 15) is 19.7 Å². The van der Waals surface area contributed by atoms with Crippen molar-refractivity contribution in [2.45, 2.75) is 58.3 Å². The first-order chi connectivity index (χ1) is 13.9. The molecule has 0 atom stereocenters. The SMILES string of the molecule is CCCCNN(C(=O)c1ccccc1[N+](=O)[O-])C(=O)C12CC3CC(CC(C3)C1)C2. The fraction of sp³-hybridized carbons (Fsp3) is 0.636. The lowest BCUT2D eigenvalue weighted by atomic mass is 9.49. The highest BCUT2D eigenvalue weighted by Crippen LogP contribution is 2.60. The van der Waals surface area contributed by atoms with Crippen LogP contribution < -0.4 is 5.43 Å². The Bertz CT molecular complexity index is 787. The normalized spacial score (nSPS) is 29.6. The lowest BCUT2D eigenvalue weighted by Gasteiger charge is -2.56. The van der Waals surface area contributed by atoms with Crippen molar-refractivity contribution in [3.63, 3.8) is 0 Å². The van der Waals surface area contributed by atoms with Gasteiger partial charge >= 0.3 is 0 Å². The molecule has 7 heteroatoms. The number of carbonyl (C=O) groups is 2. The average Bonchev–Trinajstić information content (AvgIpc) is 2.69. The molecule has 1 aromatic carbocycles. The Morgan fingerprint density at radius 3 is 2.28 bits per heavy atom. The monoisotopic (exact) mass is 399 g/mol. The van der Waals surface area contributed by atoms with Crippen LogP contribution in [0.25, 0.3) is 0 Å². The number of nitro benzene ring substituents is 1. The van der Waals surface area contributed by atoms with Crippen molar-refractivity contribution in [3.05, 3.63) is 39.9 Å². The van der Waals surface area contributed by atoms with E-state index in [1.807, 2.05) is 6.92 Å². The Balaban J connectivity index is 1.64. The molecule has 0 aliphatic heterocycles. The van der Waals surface area contributed by atoms with E-state index in [0.717, 1.165) is 37.1 Å². The first kappa shape index (κ1) is 20.0. The summed E-state index contributed by atoms with van der Waals surface area (Å²) in [6.45, 7) is 2.53. The van der Waals surface area contributed by atoms with Crippen LogP contribution in [-0.2, 0) is 4.79 Å². The van der Waals surface area contributed by atoms with Gasteiger partial charge in [-0.15, -0.1) is 0 Å². The van der Waals surface area contributed by atoms with Crippen molar-refractivity contribution in [1.29, 1.82) is 0 Å². The summed E-state index contributed by atoms with van der Waals surface area (Å²) in [5, 5.41) is 12.5. The second kappa shape index (κ2) is 7.86. The standard InChI is InChI=1S/C22H29N3O4/c1-2-3-8-23-24(20(26)18-6-4-5-7-19(18)25(28)29)21(27)22-12-15-9-16(13-22)11-17(10-15)14-22/h4-7,15-17,23H,2-3,8-14H2,1H3. The molecule has 1 aromatic rings. The van der Waals surface area contributed by atoms with Gasteiger partial charge in [-0.2, -0.15) is 0 Å². The van der Waals surface area contributed by atoms with Crippen molar-refractivity contribution < 1.29 is 14.5 Å². The number of hydrogen-bond acceptors (Lipinski definition) is 5. The van der Waals surface area contributed by atoms with Crippen molar-refractivity contribution in [1.82, 2.24) is 10.4 Å². The third-order valence-corrected chi connectivity index (χ3v) is 7.03. The van der Waals surface area contributed by atoms with Gasteiger partial charge in [0.15, 0.2) is 0 Å². The molecule has 156 valence electrons. The van der Waals surface area contributed by atoms with E-state index in [4.69, 9.17) is 0 Å². The molecule has 5 rings (SSSR count). The van der Waals surface area contributed by atoms with E-state index in [1.165, 1.54) is 37.5 Å². The van der Waals surface area contributed by atoms with Gasteiger partial charge < -0.3 is 0 Å². The molecule has 4 aliphatic carbocycles. The molecular weight excluding hydrogens is 370 g/mol. The van der Waals surface area contributed by atoms with Crippen molar-refractivity contribution in [2.24, 2.45) is 23.2 Å². The Kier molecular flexibility index (Phi) is 5.42. The fourth-order valence-electron chi connectivity index (χ4n) is 6.15. The molecule has 7 nitrogen and oxygen atoms in total. The maximum Gasteiger partial charge on any atom is 0.282 e. The van der Waals surface area contributed by atoms with Crippen LogP contribution >= 0.6 is 0 Å². The first-order valence-corrected chi connectivity index (χ1v) is 10.8. The molecule has 0 heterocycles. The molecule has 0 aromatic heterocycles. The van der Waals surface area contributed by atoms with Gasteiger partial charge in [0.25, 0.3) is 11.6 Å². The predicted octanol–water partition coefficient (Wildman–Crippen LogP) is 4.08. The van der Waals surface area contributed by atoms with Crippen LogP contribution in [0.1, 0.15) is 68.6 Å². The molecule has 0 unspecified atom stereocenters. The summed E-state index contributed by atoms with van der Waals surface area (Å²) in [7, 11) is 0. The minimum absolute atomic E-state index is 0.0421. The minimum Gasteiger partial charge on any atom is -0.272 e. The summed E-state index contributed by atoms with van der Waals surface area (Å²) < 4.78 is 0. The van der Waals surface area contributed by atoms with E-state index in [-0.39, 0.29) is 17.2 Å². The largest absolute Gasteiger partial charge is 0.282 e. The van der Waals surface area contributed by atoms with Gasteiger partial charge in [-0.25, -0.2) is 10.4 Å². The first-order valence-electron chi connectivity index (χ1n) is 10.8. The maximum absolute atomic E-state index is 13.8. The molecule has 4 saturated carbocycles. The number of rotatable bonds is 7. The second-order valence-corrected chi connectivity index (χ2v) is 9.18. The quantitative estimate of drug-likeness (QED) is 0.323. The van der Waals surface area contributed by atoms with Gasteiger partial charge in [-0.1, -0.05) is 25.5 Å². The summed E-state index contributed by atoms with van der Waals surface area (Å²) in [4.78, 5) is 38.0. The molecule has 2 amide bonds. The molecular formula is C22H29N3O4. The van der Waals surface area contributed by atoms with E-state index in [0.29, 0.717) is 24.3 Å². The predicted molar refractivity (Wildman–Crippen MR) is 108 cm³/mol. The molecule has 29 heavy (non-hydrogen) atoms. The van der Waals surface area contributed by atoms with E-state index in [1.54, 1.807) is 6.07 Å². The highest BCUT2D eigenvalue weighted by molar-refractivity contribution is 6.08. The van der Waals surface area contributed by atoms with E-state index in [2.05, 4.69) is 5.43 Å². The van der Waals surface area contributed by atoms with Crippen LogP contribution in [0, 0.1) is 33.3 Å². The van der Waals surface area contributed by atoms with Crippen LogP contribution in [0.4, 0.5) is 5.69 Å². The molecule has 0 saturated heterocycles. The number of imide groups is 1. The summed E-state index contributed by atoms with van der Waals surface area (Å²) in [6, 6.07) is 5.87. The van der Waals surface area contributed by atoms with Gasteiger partial charge in [-0.3, -0.25) is 19.7 Å². The molecule has 0 radical (unpaired) electrons. The number of nitrogens with one attached hydrogen (secondary N) is 1. The third-order valence-electron chi connectivity index (χ3n) is 7.03. The Labute approximate surface area is 171 Å². The molecule has 4 fully saturated rings. The van der Waals surface area contributed by atoms with E-state index >= 15 is 0 Å². The number of carbonyl (C=O) groups excluding carboxylic acids is 2. The molecule has 0 spiro atoms. The van der Waals surface area contributed by atoms with Crippen LogP contribution in [0.2, 0.25) is 0 Å². The average molecular weight is 399 g/mol. The highest BCUT2D eigenvalue weighted by Gasteiger charge is 2.56. The molecule has 4 bridgehead atoms. The topological polar surface area (TPSA) is 92.6 Å². The molecule has 4 aliphatic rings. The lowest BCUT2D eigenvalue weighted by molar-refractivity contribution is -0.385. The Hall–Kier alpha value is -2.28. The van der Waals surface area contributed by atoms with E-state index < -0.39 is 16.2 Å². The summed E-state index contributed by atoms with van der Waals surface area (Å²) in [5.41, 5.74) is 2.22. The smallest absolute Gasteiger partial charge is 0.272 e. The van der Waals surface area contributed by atoms with Crippen LogP contribution in [0.15, 0.2) is 24.3 Å². The minimum atomic E-state index is -0.617. The number of nitro groups is 1. The summed E-state index contributed by atoms with van der Waals surface area (Å²) in [5.74, 6) is 0.918. The van der Waals surface area contributed by atoms with Gasteiger partial charge in [-0.05, 0) is 68.8 Å². The van der Waals surface area contributed by atoms with Crippen LogP contribution in [-0.4, -0.2) is 28.3 Å². The number of unbranched alkanes of at least 4 members (excludes halogenated alkanes) is 1. The number of para-hydroxylation sites is 1. The third kappa shape index (κ3) is 3.68. The Morgan fingerprint density at radius 1 is 1.14 bits per heavy atom. The number of nitrogens with zero attached hydrogens (tertiary/aromatic N) is 2. The summed E-state index contributed by atoms with van der Waals surface area (Å²) in [6.07, 6.45) is 7.87. The maximum atomic E-state index is 13.8. The van der Waals surface area contributed by atoms with Crippen LogP contribution in [0.3, 0.4) is 0 Å². The van der Waals surface area contributed by atoms with Gasteiger partial charge in [0.2, 0.25) is 5.91 Å². The van der Waals surface area contributed by atoms with Gasteiger partial charge in [0.05, 0.1) is 10.3 Å².